The van der Waals surface area contributed by atoms with E-state index >= 15 is 0 Å². The number of carbonyl (C=O) groups is 2. The first-order valence-corrected chi connectivity index (χ1v) is 5.01. The molecule has 2 N–H and O–H groups in total. The Balaban J connectivity index is 2.45. The van der Waals surface area contributed by atoms with Crippen molar-refractivity contribution in [2.75, 3.05) is 24.2 Å². The molecule has 3 amide bonds. The molecule has 0 atom stereocenters. The van der Waals surface area contributed by atoms with Crippen LogP contribution in [0.3, 0.4) is 0 Å². The monoisotopic (exact) mass is 239 g/mol. The van der Waals surface area contributed by atoms with Crippen molar-refractivity contribution in [1.29, 1.82) is 0 Å². The first-order valence-electron chi connectivity index (χ1n) is 4.64. The Hall–Kier alpha value is -1.75. The van der Waals surface area contributed by atoms with Crippen molar-refractivity contribution in [2.45, 2.75) is 0 Å². The maximum Gasteiger partial charge on any atom is 0.331 e. The Morgan fingerprint density at radius 2 is 2.06 bits per heavy atom. The van der Waals surface area contributed by atoms with Crippen LogP contribution >= 0.6 is 11.6 Å². The van der Waals surface area contributed by atoms with Crippen LogP contribution in [0.1, 0.15) is 0 Å². The zero-order valence-corrected chi connectivity index (χ0v) is 9.36. The number of hydrogen-bond acceptors (Lipinski definition) is 3. The number of imide groups is 1. The number of nitrogens with two attached hydrogens (primary N) is 1. The van der Waals surface area contributed by atoms with Crippen molar-refractivity contribution in [2.24, 2.45) is 0 Å². The van der Waals surface area contributed by atoms with Crippen LogP contribution in [0.25, 0.3) is 0 Å². The minimum atomic E-state index is -0.378. The minimum Gasteiger partial charge on any atom is -0.399 e. The van der Waals surface area contributed by atoms with E-state index in [0.717, 1.165) is 4.90 Å². The Morgan fingerprint density at radius 3 is 2.56 bits per heavy atom. The number of amides is 3. The van der Waals surface area contributed by atoms with Gasteiger partial charge >= 0.3 is 6.03 Å². The molecule has 1 saturated heterocycles. The molecule has 0 saturated carbocycles. The average molecular weight is 240 g/mol. The number of hydrogen-bond donors (Lipinski definition) is 1. The maximum absolute atomic E-state index is 11.7. The second-order valence-electron chi connectivity index (χ2n) is 3.58. The molecule has 0 radical (unpaired) electrons. The molecule has 1 aromatic rings. The third kappa shape index (κ3) is 1.59. The highest BCUT2D eigenvalue weighted by molar-refractivity contribution is 6.36. The molecule has 2 rings (SSSR count). The molecule has 1 aliphatic rings. The van der Waals surface area contributed by atoms with Gasteiger partial charge in [-0.1, -0.05) is 11.6 Å². The predicted octanol–water partition coefficient (Wildman–Crippen LogP) is 1.32. The standard InChI is InChI=1S/C10H10ClN3O2/c1-13-5-9(15)14(10(13)16)8-3-2-6(12)4-7(8)11/h2-4H,5,12H2,1H3. The van der Waals surface area contributed by atoms with E-state index in [-0.39, 0.29) is 23.5 Å². The molecule has 0 unspecified atom stereocenters. The highest BCUT2D eigenvalue weighted by Crippen LogP contribution is 2.30. The molecule has 16 heavy (non-hydrogen) atoms. The van der Waals surface area contributed by atoms with Gasteiger partial charge in [0, 0.05) is 12.7 Å². The van der Waals surface area contributed by atoms with E-state index in [2.05, 4.69) is 0 Å². The van der Waals surface area contributed by atoms with Gasteiger partial charge in [0.2, 0.25) is 0 Å². The Bertz CT molecular complexity index is 475. The highest BCUT2D eigenvalue weighted by atomic mass is 35.5. The average Bonchev–Trinajstić information content (AvgIpc) is 2.43. The summed E-state index contributed by atoms with van der Waals surface area (Å²) < 4.78 is 0. The molecule has 0 aliphatic carbocycles. The summed E-state index contributed by atoms with van der Waals surface area (Å²) >= 11 is 5.94. The zero-order chi connectivity index (χ0) is 11.9. The molecule has 0 aromatic heterocycles. The fourth-order valence-electron chi connectivity index (χ4n) is 1.56. The summed E-state index contributed by atoms with van der Waals surface area (Å²) in [6, 6.07) is 4.29. The first-order chi connectivity index (χ1) is 7.50. The molecule has 1 aliphatic heterocycles. The lowest BCUT2D eigenvalue weighted by atomic mass is 10.2. The van der Waals surface area contributed by atoms with Crippen molar-refractivity contribution in [3.63, 3.8) is 0 Å². The largest absolute Gasteiger partial charge is 0.399 e. The Kier molecular flexibility index (Phi) is 2.47. The van der Waals surface area contributed by atoms with Gasteiger partial charge in [-0.3, -0.25) is 4.79 Å². The summed E-state index contributed by atoms with van der Waals surface area (Å²) in [5.74, 6) is -0.292. The lowest BCUT2D eigenvalue weighted by Crippen LogP contribution is -2.31. The summed E-state index contributed by atoms with van der Waals surface area (Å²) in [5, 5.41) is 0.289. The molecule has 6 heteroatoms. The van der Waals surface area contributed by atoms with Crippen LogP contribution in [0.2, 0.25) is 5.02 Å². The lowest BCUT2D eigenvalue weighted by molar-refractivity contribution is -0.116. The predicted molar refractivity (Wildman–Crippen MR) is 61.4 cm³/mol. The third-order valence-electron chi connectivity index (χ3n) is 2.35. The van der Waals surface area contributed by atoms with Crippen LogP contribution in [0, 0.1) is 0 Å². The van der Waals surface area contributed by atoms with E-state index in [4.69, 9.17) is 17.3 Å². The van der Waals surface area contributed by atoms with Gasteiger partial charge in [0.25, 0.3) is 5.91 Å². The number of benzene rings is 1. The lowest BCUT2D eigenvalue weighted by Gasteiger charge is -2.15. The Morgan fingerprint density at radius 1 is 1.38 bits per heavy atom. The van der Waals surface area contributed by atoms with Gasteiger partial charge in [0.1, 0.15) is 6.54 Å². The summed E-state index contributed by atoms with van der Waals surface area (Å²) in [6.07, 6.45) is 0. The quantitative estimate of drug-likeness (QED) is 0.594. The number of likely N-dealkylation sites (N-methyl/N-ethyl adjacent to an activating group) is 1. The van der Waals surface area contributed by atoms with Gasteiger partial charge in [-0.05, 0) is 18.2 Å². The highest BCUT2D eigenvalue weighted by Gasteiger charge is 2.35. The van der Waals surface area contributed by atoms with E-state index < -0.39 is 0 Å². The fourth-order valence-corrected chi connectivity index (χ4v) is 1.83. The molecular formula is C10H10ClN3O2. The second kappa shape index (κ2) is 3.68. The molecule has 1 fully saturated rings. The van der Waals surface area contributed by atoms with Gasteiger partial charge in [-0.25, -0.2) is 9.69 Å². The van der Waals surface area contributed by atoms with E-state index in [0.29, 0.717) is 11.4 Å². The normalized spacial score (nSPS) is 16.1. The van der Waals surface area contributed by atoms with E-state index in [1.807, 2.05) is 0 Å². The molecule has 0 spiro atoms. The third-order valence-corrected chi connectivity index (χ3v) is 2.66. The minimum absolute atomic E-state index is 0.0690. The number of rotatable bonds is 1. The van der Waals surface area contributed by atoms with Gasteiger partial charge < -0.3 is 10.6 Å². The fraction of sp³-hybridized carbons (Fsp3) is 0.200. The number of nitrogen functional groups attached to an aromatic ring is 1. The van der Waals surface area contributed by atoms with Crippen LogP contribution in [-0.4, -0.2) is 30.4 Å². The van der Waals surface area contributed by atoms with Crippen LogP contribution in [-0.2, 0) is 4.79 Å². The van der Waals surface area contributed by atoms with Gasteiger partial charge in [-0.2, -0.15) is 0 Å². The van der Waals surface area contributed by atoms with Crippen molar-refractivity contribution >= 4 is 34.9 Å². The van der Waals surface area contributed by atoms with Gasteiger partial charge in [0.15, 0.2) is 0 Å². The zero-order valence-electron chi connectivity index (χ0n) is 8.61. The van der Waals surface area contributed by atoms with Crippen LogP contribution in [0.4, 0.5) is 16.2 Å². The topological polar surface area (TPSA) is 66.6 Å². The smallest absolute Gasteiger partial charge is 0.331 e. The van der Waals surface area contributed by atoms with Crippen LogP contribution < -0.4 is 10.6 Å². The first kappa shape index (κ1) is 10.8. The van der Waals surface area contributed by atoms with Crippen molar-refractivity contribution in [3.05, 3.63) is 23.2 Å². The van der Waals surface area contributed by atoms with Crippen LogP contribution in [0.15, 0.2) is 18.2 Å². The molecule has 84 valence electrons. The molecule has 0 bridgehead atoms. The van der Waals surface area contributed by atoms with Crippen molar-refractivity contribution in [1.82, 2.24) is 4.90 Å². The number of halogens is 1. The summed E-state index contributed by atoms with van der Waals surface area (Å²) in [5.41, 5.74) is 6.40. The number of carbonyl (C=O) groups excluding carboxylic acids is 2. The molecule has 1 aromatic carbocycles. The summed E-state index contributed by atoms with van der Waals surface area (Å²) in [7, 11) is 1.56. The van der Waals surface area contributed by atoms with Gasteiger partial charge in [0.05, 0.1) is 10.7 Å². The number of nitrogens with zero attached hydrogens (tertiary/aromatic N) is 2. The van der Waals surface area contributed by atoms with Gasteiger partial charge in [-0.15, -0.1) is 0 Å². The van der Waals surface area contributed by atoms with E-state index in [1.54, 1.807) is 19.2 Å². The molecular weight excluding hydrogens is 230 g/mol. The molecule has 5 nitrogen and oxygen atoms in total. The van der Waals surface area contributed by atoms with E-state index in [1.165, 1.54) is 11.0 Å². The summed E-state index contributed by atoms with van der Waals surface area (Å²) in [6.45, 7) is 0.0690. The SMILES string of the molecule is CN1CC(=O)N(c2ccc(N)cc2Cl)C1=O. The summed E-state index contributed by atoms with van der Waals surface area (Å²) in [4.78, 5) is 25.7. The second-order valence-corrected chi connectivity index (χ2v) is 3.99. The van der Waals surface area contributed by atoms with E-state index in [9.17, 15) is 9.59 Å². The molecule has 1 heterocycles. The maximum atomic E-state index is 11.7. The Labute approximate surface area is 97.4 Å². The number of urea groups is 1. The number of anilines is 2. The van der Waals surface area contributed by atoms with Crippen LogP contribution in [0.5, 0.6) is 0 Å². The van der Waals surface area contributed by atoms with Crippen molar-refractivity contribution in [3.8, 4) is 0 Å². The van der Waals surface area contributed by atoms with Crippen molar-refractivity contribution < 1.29 is 9.59 Å².